The van der Waals surface area contributed by atoms with Crippen LogP contribution in [0.5, 0.6) is 0 Å². The zero-order valence-corrected chi connectivity index (χ0v) is 11.4. The SMILES string of the molecule is CCn1c(=O)c(Cc2ccccc2)nc2ccccc21. The molecule has 1 aromatic heterocycles. The monoisotopic (exact) mass is 264 g/mol. The second kappa shape index (κ2) is 5.29. The van der Waals surface area contributed by atoms with E-state index >= 15 is 0 Å². The van der Waals surface area contributed by atoms with E-state index in [1.165, 1.54) is 0 Å². The third-order valence-corrected chi connectivity index (χ3v) is 3.45. The number of rotatable bonds is 3. The van der Waals surface area contributed by atoms with E-state index in [0.29, 0.717) is 18.7 Å². The maximum atomic E-state index is 12.5. The van der Waals surface area contributed by atoms with E-state index in [0.717, 1.165) is 16.6 Å². The van der Waals surface area contributed by atoms with Crippen LogP contribution in [0.25, 0.3) is 11.0 Å². The molecule has 0 aliphatic rings. The standard InChI is InChI=1S/C17H16N2O/c1-2-19-16-11-7-6-10-14(16)18-15(17(19)20)12-13-8-4-3-5-9-13/h3-11H,2,12H2,1H3. The summed E-state index contributed by atoms with van der Waals surface area (Å²) in [4.78, 5) is 17.1. The molecule has 0 N–H and O–H groups in total. The van der Waals surface area contributed by atoms with Crippen molar-refractivity contribution >= 4 is 11.0 Å². The second-order valence-electron chi connectivity index (χ2n) is 4.76. The molecule has 0 saturated carbocycles. The van der Waals surface area contributed by atoms with Gasteiger partial charge in [-0.1, -0.05) is 42.5 Å². The van der Waals surface area contributed by atoms with Crippen molar-refractivity contribution in [2.24, 2.45) is 0 Å². The molecular weight excluding hydrogens is 248 g/mol. The molecular formula is C17H16N2O. The maximum absolute atomic E-state index is 12.5. The molecule has 1 heterocycles. The average Bonchev–Trinajstić information content (AvgIpc) is 2.49. The van der Waals surface area contributed by atoms with Crippen molar-refractivity contribution in [2.75, 3.05) is 0 Å². The van der Waals surface area contributed by atoms with Gasteiger partial charge in [0.15, 0.2) is 0 Å². The minimum Gasteiger partial charge on any atom is -0.305 e. The highest BCUT2D eigenvalue weighted by Gasteiger charge is 2.09. The van der Waals surface area contributed by atoms with Crippen LogP contribution in [0, 0.1) is 0 Å². The molecule has 0 aliphatic carbocycles. The van der Waals surface area contributed by atoms with Crippen molar-refractivity contribution in [1.82, 2.24) is 9.55 Å². The molecule has 0 spiro atoms. The van der Waals surface area contributed by atoms with Gasteiger partial charge in [-0.05, 0) is 24.6 Å². The van der Waals surface area contributed by atoms with Gasteiger partial charge in [0.2, 0.25) is 0 Å². The van der Waals surface area contributed by atoms with Gasteiger partial charge in [0.05, 0.1) is 11.0 Å². The van der Waals surface area contributed by atoms with Crippen LogP contribution >= 0.6 is 0 Å². The first-order valence-electron chi connectivity index (χ1n) is 6.82. The van der Waals surface area contributed by atoms with Gasteiger partial charge >= 0.3 is 0 Å². The first-order valence-corrected chi connectivity index (χ1v) is 6.82. The quantitative estimate of drug-likeness (QED) is 0.729. The van der Waals surface area contributed by atoms with Crippen LogP contribution in [0.3, 0.4) is 0 Å². The Balaban J connectivity index is 2.16. The average molecular weight is 264 g/mol. The molecule has 0 amide bonds. The zero-order chi connectivity index (χ0) is 13.9. The zero-order valence-electron chi connectivity index (χ0n) is 11.4. The summed E-state index contributed by atoms with van der Waals surface area (Å²) in [5.74, 6) is 0. The summed E-state index contributed by atoms with van der Waals surface area (Å²) in [5.41, 5.74) is 3.50. The summed E-state index contributed by atoms with van der Waals surface area (Å²) in [6.07, 6.45) is 0.574. The van der Waals surface area contributed by atoms with Crippen LogP contribution in [0.4, 0.5) is 0 Å². The summed E-state index contributed by atoms with van der Waals surface area (Å²) in [6.45, 7) is 2.64. The van der Waals surface area contributed by atoms with E-state index in [9.17, 15) is 4.79 Å². The number of aryl methyl sites for hydroxylation is 1. The predicted molar refractivity (Wildman–Crippen MR) is 80.9 cm³/mol. The lowest BCUT2D eigenvalue weighted by Gasteiger charge is -2.10. The number of nitrogens with zero attached hydrogens (tertiary/aromatic N) is 2. The van der Waals surface area contributed by atoms with Crippen LogP contribution in [0.15, 0.2) is 59.4 Å². The van der Waals surface area contributed by atoms with Crippen molar-refractivity contribution in [3.63, 3.8) is 0 Å². The molecule has 0 unspecified atom stereocenters. The van der Waals surface area contributed by atoms with Gasteiger partial charge in [0, 0.05) is 13.0 Å². The molecule has 0 aliphatic heterocycles. The van der Waals surface area contributed by atoms with E-state index in [1.807, 2.05) is 61.5 Å². The van der Waals surface area contributed by atoms with E-state index in [1.54, 1.807) is 4.57 Å². The normalized spacial score (nSPS) is 10.8. The number of para-hydroxylation sites is 2. The highest BCUT2D eigenvalue weighted by molar-refractivity contribution is 5.74. The van der Waals surface area contributed by atoms with Crippen LogP contribution in [-0.4, -0.2) is 9.55 Å². The molecule has 0 atom stereocenters. The molecule has 0 saturated heterocycles. The van der Waals surface area contributed by atoms with Crippen LogP contribution in [0.1, 0.15) is 18.2 Å². The molecule has 3 nitrogen and oxygen atoms in total. The van der Waals surface area contributed by atoms with E-state index in [-0.39, 0.29) is 5.56 Å². The fourth-order valence-corrected chi connectivity index (χ4v) is 2.46. The summed E-state index contributed by atoms with van der Waals surface area (Å²) in [6, 6.07) is 17.8. The first kappa shape index (κ1) is 12.6. The Kier molecular flexibility index (Phi) is 3.33. The Morgan fingerprint density at radius 3 is 2.45 bits per heavy atom. The maximum Gasteiger partial charge on any atom is 0.273 e. The molecule has 3 heteroatoms. The van der Waals surface area contributed by atoms with Crippen LogP contribution in [-0.2, 0) is 13.0 Å². The number of hydrogen-bond acceptors (Lipinski definition) is 2. The third kappa shape index (κ3) is 2.23. The van der Waals surface area contributed by atoms with E-state index in [4.69, 9.17) is 0 Å². The largest absolute Gasteiger partial charge is 0.305 e. The molecule has 0 fully saturated rings. The minimum absolute atomic E-state index is 0.00931. The number of aromatic nitrogens is 2. The van der Waals surface area contributed by atoms with E-state index in [2.05, 4.69) is 4.98 Å². The lowest BCUT2D eigenvalue weighted by molar-refractivity contribution is 0.738. The second-order valence-corrected chi connectivity index (χ2v) is 4.76. The Morgan fingerprint density at radius 1 is 1.00 bits per heavy atom. The Morgan fingerprint density at radius 2 is 1.70 bits per heavy atom. The lowest BCUT2D eigenvalue weighted by atomic mass is 10.1. The smallest absolute Gasteiger partial charge is 0.273 e. The number of hydrogen-bond donors (Lipinski definition) is 0. The number of fused-ring (bicyclic) bond motifs is 1. The van der Waals surface area contributed by atoms with Gasteiger partial charge in [0.25, 0.3) is 5.56 Å². The summed E-state index contributed by atoms with van der Waals surface area (Å²) in [5, 5.41) is 0. The first-order chi connectivity index (χ1) is 9.79. The Labute approximate surface area is 117 Å². The van der Waals surface area contributed by atoms with Crippen molar-refractivity contribution in [3.8, 4) is 0 Å². The van der Waals surface area contributed by atoms with Gasteiger partial charge in [-0.2, -0.15) is 0 Å². The highest BCUT2D eigenvalue weighted by Crippen LogP contribution is 2.12. The summed E-state index contributed by atoms with van der Waals surface area (Å²) in [7, 11) is 0. The minimum atomic E-state index is 0.00931. The number of benzene rings is 2. The van der Waals surface area contributed by atoms with Crippen molar-refractivity contribution < 1.29 is 0 Å². The fraction of sp³-hybridized carbons (Fsp3) is 0.176. The van der Waals surface area contributed by atoms with Crippen LogP contribution in [0.2, 0.25) is 0 Å². The molecule has 0 bridgehead atoms. The fourth-order valence-electron chi connectivity index (χ4n) is 2.46. The molecule has 3 aromatic rings. The van der Waals surface area contributed by atoms with Crippen LogP contribution < -0.4 is 5.56 Å². The van der Waals surface area contributed by atoms with Gasteiger partial charge < -0.3 is 4.57 Å². The third-order valence-electron chi connectivity index (χ3n) is 3.45. The van der Waals surface area contributed by atoms with Crippen molar-refractivity contribution in [3.05, 3.63) is 76.2 Å². The molecule has 20 heavy (non-hydrogen) atoms. The molecule has 0 radical (unpaired) electrons. The highest BCUT2D eigenvalue weighted by atomic mass is 16.1. The summed E-state index contributed by atoms with van der Waals surface area (Å²) < 4.78 is 1.79. The summed E-state index contributed by atoms with van der Waals surface area (Å²) >= 11 is 0. The molecule has 100 valence electrons. The van der Waals surface area contributed by atoms with Gasteiger partial charge in [-0.15, -0.1) is 0 Å². The van der Waals surface area contributed by atoms with Gasteiger partial charge in [0.1, 0.15) is 5.69 Å². The molecule has 3 rings (SSSR count). The topological polar surface area (TPSA) is 34.9 Å². The predicted octanol–water partition coefficient (Wildman–Crippen LogP) is 3.01. The Bertz CT molecular complexity index is 791. The van der Waals surface area contributed by atoms with Crippen molar-refractivity contribution in [2.45, 2.75) is 19.9 Å². The Hall–Kier alpha value is -2.42. The van der Waals surface area contributed by atoms with Gasteiger partial charge in [-0.3, -0.25) is 4.79 Å². The lowest BCUT2D eigenvalue weighted by Crippen LogP contribution is -2.25. The molecule has 2 aromatic carbocycles. The van der Waals surface area contributed by atoms with Crippen molar-refractivity contribution in [1.29, 1.82) is 0 Å². The van der Waals surface area contributed by atoms with Gasteiger partial charge in [-0.25, -0.2) is 4.98 Å². The van der Waals surface area contributed by atoms with E-state index < -0.39 is 0 Å².